The van der Waals surface area contributed by atoms with Crippen molar-refractivity contribution in [2.75, 3.05) is 12.4 Å². The number of hydrogen-bond acceptors (Lipinski definition) is 2. The fourth-order valence-electron chi connectivity index (χ4n) is 1.64. The monoisotopic (exact) mass is 297 g/mol. The van der Waals surface area contributed by atoms with Gasteiger partial charge in [0.15, 0.2) is 0 Å². The summed E-state index contributed by atoms with van der Waals surface area (Å²) in [5, 5.41) is 2.68. The van der Waals surface area contributed by atoms with E-state index in [0.29, 0.717) is 16.8 Å². The minimum atomic E-state index is -0.862. The van der Waals surface area contributed by atoms with Crippen molar-refractivity contribution in [3.05, 3.63) is 58.6 Å². The number of halogens is 3. The highest BCUT2D eigenvalue weighted by Gasteiger charge is 2.15. The minimum absolute atomic E-state index is 0.126. The predicted molar refractivity (Wildman–Crippen MR) is 72.3 cm³/mol. The fourth-order valence-corrected chi connectivity index (χ4v) is 1.81. The molecule has 0 unspecified atom stereocenters. The highest BCUT2D eigenvalue weighted by molar-refractivity contribution is 6.31. The summed E-state index contributed by atoms with van der Waals surface area (Å²) in [7, 11) is 1.40. The van der Waals surface area contributed by atoms with Crippen LogP contribution in [0.1, 0.15) is 10.4 Å². The number of carbonyl (C=O) groups is 1. The van der Waals surface area contributed by atoms with Crippen LogP contribution in [0.5, 0.6) is 5.75 Å². The first-order chi connectivity index (χ1) is 9.51. The fraction of sp³-hybridized carbons (Fsp3) is 0.0714. The van der Waals surface area contributed by atoms with Crippen LogP contribution in [0.3, 0.4) is 0 Å². The van der Waals surface area contributed by atoms with Crippen molar-refractivity contribution in [1.29, 1.82) is 0 Å². The maximum atomic E-state index is 13.5. The molecule has 2 aromatic carbocycles. The molecule has 1 amide bonds. The van der Waals surface area contributed by atoms with Crippen LogP contribution in [0, 0.1) is 11.6 Å². The van der Waals surface area contributed by atoms with Crippen LogP contribution in [0.2, 0.25) is 5.02 Å². The van der Waals surface area contributed by atoms with Gasteiger partial charge in [-0.15, -0.1) is 0 Å². The molecule has 0 fully saturated rings. The van der Waals surface area contributed by atoms with Gasteiger partial charge in [-0.05, 0) is 30.3 Å². The van der Waals surface area contributed by atoms with E-state index in [2.05, 4.69) is 5.32 Å². The number of carbonyl (C=O) groups excluding carboxylic acids is 1. The quantitative estimate of drug-likeness (QED) is 0.933. The van der Waals surface area contributed by atoms with Crippen LogP contribution >= 0.6 is 11.6 Å². The Morgan fingerprint density at radius 3 is 2.60 bits per heavy atom. The number of methoxy groups -OCH3 is 1. The van der Waals surface area contributed by atoms with Gasteiger partial charge in [0.25, 0.3) is 5.91 Å². The van der Waals surface area contributed by atoms with E-state index in [0.717, 1.165) is 12.1 Å². The van der Waals surface area contributed by atoms with E-state index in [1.807, 2.05) is 0 Å². The molecule has 1 N–H and O–H groups in total. The summed E-state index contributed by atoms with van der Waals surface area (Å²) in [6, 6.07) is 7.36. The lowest BCUT2D eigenvalue weighted by Gasteiger charge is -2.10. The van der Waals surface area contributed by atoms with Gasteiger partial charge in [0.1, 0.15) is 17.4 Å². The van der Waals surface area contributed by atoms with Crippen LogP contribution < -0.4 is 10.1 Å². The van der Waals surface area contributed by atoms with Gasteiger partial charge < -0.3 is 10.1 Å². The Kier molecular flexibility index (Phi) is 4.20. The smallest absolute Gasteiger partial charge is 0.259 e. The largest absolute Gasteiger partial charge is 0.496 e. The summed E-state index contributed by atoms with van der Waals surface area (Å²) < 4.78 is 31.3. The molecule has 104 valence electrons. The summed E-state index contributed by atoms with van der Waals surface area (Å²) in [5.74, 6) is -1.88. The van der Waals surface area contributed by atoms with Crippen LogP contribution in [-0.2, 0) is 0 Å². The topological polar surface area (TPSA) is 38.3 Å². The molecule has 3 nitrogen and oxygen atoms in total. The molecule has 0 saturated heterocycles. The zero-order valence-corrected chi connectivity index (χ0v) is 11.2. The number of ether oxygens (including phenoxy) is 1. The Morgan fingerprint density at radius 1 is 1.20 bits per heavy atom. The lowest BCUT2D eigenvalue weighted by Crippen LogP contribution is -2.14. The SMILES string of the molecule is COc1ccc(Cl)cc1C(=O)Nc1ccc(F)cc1F. The van der Waals surface area contributed by atoms with Crippen LogP contribution in [-0.4, -0.2) is 13.0 Å². The molecule has 0 heterocycles. The highest BCUT2D eigenvalue weighted by Crippen LogP contribution is 2.24. The molecule has 6 heteroatoms. The molecule has 0 aromatic heterocycles. The van der Waals surface area contributed by atoms with E-state index in [1.165, 1.54) is 19.2 Å². The average Bonchev–Trinajstić information content (AvgIpc) is 2.41. The summed E-state index contributed by atoms with van der Waals surface area (Å²) in [6.07, 6.45) is 0. The Hall–Kier alpha value is -2.14. The van der Waals surface area contributed by atoms with E-state index in [9.17, 15) is 13.6 Å². The Morgan fingerprint density at radius 2 is 1.95 bits per heavy atom. The summed E-state index contributed by atoms with van der Waals surface area (Å²) in [5.41, 5.74) is 0.0298. The van der Waals surface area contributed by atoms with Crippen LogP contribution in [0.4, 0.5) is 14.5 Å². The second kappa shape index (κ2) is 5.88. The first-order valence-corrected chi connectivity index (χ1v) is 5.99. The standard InChI is InChI=1S/C14H10ClF2NO2/c1-20-13-5-2-8(15)6-10(13)14(19)18-12-4-3-9(16)7-11(12)17/h2-7H,1H3,(H,18,19). The molecule has 20 heavy (non-hydrogen) atoms. The highest BCUT2D eigenvalue weighted by atomic mass is 35.5. The van der Waals surface area contributed by atoms with E-state index in [1.54, 1.807) is 6.07 Å². The van der Waals surface area contributed by atoms with Crippen LogP contribution in [0.15, 0.2) is 36.4 Å². The van der Waals surface area contributed by atoms with Gasteiger partial charge in [0.05, 0.1) is 18.4 Å². The first-order valence-electron chi connectivity index (χ1n) is 5.61. The van der Waals surface area contributed by atoms with Crippen molar-refractivity contribution in [2.45, 2.75) is 0 Å². The number of anilines is 1. The molecule has 0 aliphatic rings. The number of hydrogen-bond donors (Lipinski definition) is 1. The van der Waals surface area contributed by atoms with Crippen molar-refractivity contribution in [3.8, 4) is 5.75 Å². The van der Waals surface area contributed by atoms with Gasteiger partial charge in [-0.2, -0.15) is 0 Å². The number of benzene rings is 2. The maximum Gasteiger partial charge on any atom is 0.259 e. The van der Waals surface area contributed by atoms with Gasteiger partial charge >= 0.3 is 0 Å². The van der Waals surface area contributed by atoms with Gasteiger partial charge in [-0.25, -0.2) is 8.78 Å². The Balaban J connectivity index is 2.30. The molecule has 0 spiro atoms. The van der Waals surface area contributed by atoms with Crippen molar-refractivity contribution in [2.24, 2.45) is 0 Å². The molecular formula is C14H10ClF2NO2. The van der Waals surface area contributed by atoms with E-state index in [-0.39, 0.29) is 11.3 Å². The minimum Gasteiger partial charge on any atom is -0.496 e. The first kappa shape index (κ1) is 14.3. The molecule has 0 radical (unpaired) electrons. The van der Waals surface area contributed by atoms with Crippen molar-refractivity contribution in [1.82, 2.24) is 0 Å². The molecular weight excluding hydrogens is 288 g/mol. The lowest BCUT2D eigenvalue weighted by molar-refractivity contribution is 0.102. The van der Waals surface area contributed by atoms with Gasteiger partial charge in [0.2, 0.25) is 0 Å². The van der Waals surface area contributed by atoms with Crippen molar-refractivity contribution >= 4 is 23.2 Å². The molecule has 0 bridgehead atoms. The zero-order chi connectivity index (χ0) is 14.7. The second-order valence-electron chi connectivity index (χ2n) is 3.92. The Bertz CT molecular complexity index is 662. The summed E-state index contributed by atoms with van der Waals surface area (Å²) in [4.78, 5) is 12.1. The molecule has 2 aromatic rings. The third-order valence-corrected chi connectivity index (χ3v) is 2.82. The lowest BCUT2D eigenvalue weighted by atomic mass is 10.1. The molecule has 0 saturated carbocycles. The number of nitrogens with one attached hydrogen (secondary N) is 1. The third-order valence-electron chi connectivity index (χ3n) is 2.59. The van der Waals surface area contributed by atoms with Crippen LogP contribution in [0.25, 0.3) is 0 Å². The third kappa shape index (κ3) is 3.05. The van der Waals surface area contributed by atoms with Crippen molar-refractivity contribution in [3.63, 3.8) is 0 Å². The molecule has 0 atom stereocenters. The molecule has 0 aliphatic heterocycles. The van der Waals surface area contributed by atoms with Crippen molar-refractivity contribution < 1.29 is 18.3 Å². The maximum absolute atomic E-state index is 13.5. The van der Waals surface area contributed by atoms with E-state index >= 15 is 0 Å². The van der Waals surface area contributed by atoms with Gasteiger partial charge in [0, 0.05) is 11.1 Å². The Labute approximate surface area is 119 Å². The second-order valence-corrected chi connectivity index (χ2v) is 4.36. The van der Waals surface area contributed by atoms with E-state index < -0.39 is 17.5 Å². The normalized spacial score (nSPS) is 10.2. The van der Waals surface area contributed by atoms with E-state index in [4.69, 9.17) is 16.3 Å². The number of amides is 1. The molecule has 0 aliphatic carbocycles. The summed E-state index contributed by atoms with van der Waals surface area (Å²) in [6.45, 7) is 0. The van der Waals surface area contributed by atoms with Gasteiger partial charge in [-0.1, -0.05) is 11.6 Å². The number of rotatable bonds is 3. The molecule has 2 rings (SSSR count). The average molecular weight is 298 g/mol. The van der Waals surface area contributed by atoms with Gasteiger partial charge in [-0.3, -0.25) is 4.79 Å². The zero-order valence-electron chi connectivity index (χ0n) is 10.4. The summed E-state index contributed by atoms with van der Waals surface area (Å²) >= 11 is 5.81. The predicted octanol–water partition coefficient (Wildman–Crippen LogP) is 3.88.